The zero-order valence-corrected chi connectivity index (χ0v) is 24.2. The van der Waals surface area contributed by atoms with E-state index in [4.69, 9.17) is 9.97 Å². The van der Waals surface area contributed by atoms with Gasteiger partial charge >= 0.3 is 0 Å². The van der Waals surface area contributed by atoms with E-state index in [2.05, 4.69) is 124 Å². The molecule has 0 atom stereocenters. The van der Waals surface area contributed by atoms with Crippen LogP contribution < -0.4 is 0 Å². The Morgan fingerprint density at radius 1 is 0.444 bits per heavy atom. The second kappa shape index (κ2) is 10.2. The minimum atomic E-state index is 0.871. The Balaban J connectivity index is 1.20. The van der Waals surface area contributed by atoms with Crippen LogP contribution in [-0.2, 0) is 0 Å². The number of rotatable bonds is 4. The van der Waals surface area contributed by atoms with E-state index in [9.17, 15) is 0 Å². The Morgan fingerprint density at radius 2 is 1.20 bits per heavy atom. The monoisotopic (exact) mass is 575 g/mol. The molecule has 5 heteroatoms. The molecule has 0 aliphatic heterocycles. The van der Waals surface area contributed by atoms with Crippen LogP contribution in [-0.4, -0.2) is 24.5 Å². The SMILES string of the molecule is c1cncc(-c2ccc(-n3c4ccc(-c5ccc(-c6nccc7ccccc67)cn5)cc4c4c5ccccc5ccc43)nc2)c1. The van der Waals surface area contributed by atoms with Gasteiger partial charge in [-0.1, -0.05) is 66.7 Å². The van der Waals surface area contributed by atoms with E-state index in [0.29, 0.717) is 0 Å². The minimum Gasteiger partial charge on any atom is -0.294 e. The number of pyridine rings is 4. The van der Waals surface area contributed by atoms with Crippen LogP contribution >= 0.6 is 0 Å². The van der Waals surface area contributed by atoms with E-state index >= 15 is 0 Å². The fraction of sp³-hybridized carbons (Fsp3) is 0. The highest BCUT2D eigenvalue weighted by atomic mass is 15.1. The molecule has 0 aliphatic carbocycles. The van der Waals surface area contributed by atoms with Gasteiger partial charge in [0.15, 0.2) is 0 Å². The first-order valence-electron chi connectivity index (χ1n) is 15.0. The van der Waals surface area contributed by atoms with Crippen molar-refractivity contribution in [2.45, 2.75) is 0 Å². The molecule has 0 N–H and O–H groups in total. The molecular weight excluding hydrogens is 550 g/mol. The lowest BCUT2D eigenvalue weighted by Gasteiger charge is -2.09. The van der Waals surface area contributed by atoms with Crippen LogP contribution in [0, 0.1) is 0 Å². The Labute approximate surface area is 259 Å². The number of hydrogen-bond acceptors (Lipinski definition) is 4. The van der Waals surface area contributed by atoms with Crippen LogP contribution in [0.15, 0.2) is 152 Å². The molecule has 0 radical (unpaired) electrons. The van der Waals surface area contributed by atoms with E-state index in [0.717, 1.165) is 55.9 Å². The summed E-state index contributed by atoms with van der Waals surface area (Å²) in [5.74, 6) is 0.871. The second-order valence-corrected chi connectivity index (χ2v) is 11.2. The lowest BCUT2D eigenvalue weighted by atomic mass is 10.0. The van der Waals surface area contributed by atoms with Crippen molar-refractivity contribution in [1.82, 2.24) is 24.5 Å². The summed E-state index contributed by atoms with van der Waals surface area (Å²) >= 11 is 0. The average Bonchev–Trinajstić information content (AvgIpc) is 3.46. The molecule has 0 aliphatic rings. The highest BCUT2D eigenvalue weighted by molar-refractivity contribution is 6.21. The number of hydrogen-bond donors (Lipinski definition) is 0. The summed E-state index contributed by atoms with van der Waals surface area (Å²) in [5.41, 5.74) is 8.22. The molecule has 0 amide bonds. The number of aromatic nitrogens is 5. The molecule has 0 spiro atoms. The maximum atomic E-state index is 4.94. The van der Waals surface area contributed by atoms with Crippen LogP contribution in [0.25, 0.3) is 82.8 Å². The second-order valence-electron chi connectivity index (χ2n) is 11.2. The van der Waals surface area contributed by atoms with Gasteiger partial charge < -0.3 is 0 Å². The van der Waals surface area contributed by atoms with Crippen molar-refractivity contribution in [3.63, 3.8) is 0 Å². The normalized spacial score (nSPS) is 11.6. The van der Waals surface area contributed by atoms with Crippen molar-refractivity contribution in [2.75, 3.05) is 0 Å². The fourth-order valence-corrected chi connectivity index (χ4v) is 6.47. The van der Waals surface area contributed by atoms with Gasteiger partial charge in [0.25, 0.3) is 0 Å². The van der Waals surface area contributed by atoms with Crippen molar-refractivity contribution in [3.05, 3.63) is 152 Å². The summed E-state index contributed by atoms with van der Waals surface area (Å²) in [6.07, 6.45) is 9.37. The molecular formula is C40H25N5. The third-order valence-electron chi connectivity index (χ3n) is 8.63. The van der Waals surface area contributed by atoms with Gasteiger partial charge in [-0.05, 0) is 70.8 Å². The first-order valence-corrected chi connectivity index (χ1v) is 15.0. The number of fused-ring (bicyclic) bond motifs is 6. The molecule has 0 fully saturated rings. The predicted octanol–water partition coefficient (Wildman–Crippen LogP) is 9.67. The summed E-state index contributed by atoms with van der Waals surface area (Å²) in [5, 5.41) is 7.09. The van der Waals surface area contributed by atoms with E-state index in [1.165, 1.54) is 26.9 Å². The first kappa shape index (κ1) is 25.3. The molecule has 9 rings (SSSR count). The summed E-state index contributed by atoms with van der Waals surface area (Å²) in [6, 6.07) is 42.4. The molecule has 5 nitrogen and oxygen atoms in total. The molecule has 4 aromatic carbocycles. The van der Waals surface area contributed by atoms with E-state index < -0.39 is 0 Å². The van der Waals surface area contributed by atoms with E-state index in [-0.39, 0.29) is 0 Å². The van der Waals surface area contributed by atoms with Gasteiger partial charge in [0.2, 0.25) is 0 Å². The van der Waals surface area contributed by atoms with Gasteiger partial charge in [-0.2, -0.15) is 0 Å². The van der Waals surface area contributed by atoms with Gasteiger partial charge in [0, 0.05) is 69.4 Å². The maximum Gasteiger partial charge on any atom is 0.137 e. The fourth-order valence-electron chi connectivity index (χ4n) is 6.47. The predicted molar refractivity (Wildman–Crippen MR) is 183 cm³/mol. The van der Waals surface area contributed by atoms with Gasteiger partial charge in [0.1, 0.15) is 5.82 Å². The van der Waals surface area contributed by atoms with Crippen LogP contribution in [0.5, 0.6) is 0 Å². The van der Waals surface area contributed by atoms with Crippen LogP contribution in [0.1, 0.15) is 0 Å². The first-order chi connectivity index (χ1) is 22.3. The largest absolute Gasteiger partial charge is 0.294 e. The number of nitrogens with zero attached hydrogens (tertiary/aromatic N) is 5. The Morgan fingerprint density at radius 3 is 2.00 bits per heavy atom. The van der Waals surface area contributed by atoms with Gasteiger partial charge in [-0.15, -0.1) is 0 Å². The van der Waals surface area contributed by atoms with Crippen molar-refractivity contribution >= 4 is 43.4 Å². The van der Waals surface area contributed by atoms with Crippen molar-refractivity contribution in [3.8, 4) is 39.5 Å². The molecule has 45 heavy (non-hydrogen) atoms. The van der Waals surface area contributed by atoms with Crippen LogP contribution in [0.2, 0.25) is 0 Å². The summed E-state index contributed by atoms with van der Waals surface area (Å²) in [4.78, 5) is 18.8. The zero-order chi connectivity index (χ0) is 29.7. The van der Waals surface area contributed by atoms with E-state index in [1.54, 1.807) is 6.20 Å². The Bertz CT molecular complexity index is 2510. The molecule has 0 bridgehead atoms. The lowest BCUT2D eigenvalue weighted by Crippen LogP contribution is -1.97. The highest BCUT2D eigenvalue weighted by Crippen LogP contribution is 2.38. The Kier molecular flexibility index (Phi) is 5.74. The molecule has 0 unspecified atom stereocenters. The van der Waals surface area contributed by atoms with E-state index in [1.807, 2.05) is 36.9 Å². The van der Waals surface area contributed by atoms with Crippen molar-refractivity contribution < 1.29 is 0 Å². The maximum absolute atomic E-state index is 4.94. The van der Waals surface area contributed by atoms with Gasteiger partial charge in [-0.3, -0.25) is 19.5 Å². The molecule has 5 heterocycles. The van der Waals surface area contributed by atoms with Crippen molar-refractivity contribution in [2.24, 2.45) is 0 Å². The zero-order valence-electron chi connectivity index (χ0n) is 24.2. The molecule has 0 saturated heterocycles. The molecule has 0 saturated carbocycles. The third kappa shape index (κ3) is 4.17. The summed E-state index contributed by atoms with van der Waals surface area (Å²) in [7, 11) is 0. The topological polar surface area (TPSA) is 56.5 Å². The third-order valence-corrected chi connectivity index (χ3v) is 8.63. The Hall–Kier alpha value is -6.20. The molecule has 9 aromatic rings. The standard InChI is InChI=1S/C40H25N5/c1-3-9-32-26(6-1)12-17-37-39(32)34-22-28(35-15-11-31(25-43-35)40-33-10-4-2-7-27(33)19-21-42-40)13-16-36(34)45(37)38-18-14-30(24-44-38)29-8-5-20-41-23-29/h1-25H. The number of benzene rings is 4. The average molecular weight is 576 g/mol. The molecule has 5 aromatic heterocycles. The van der Waals surface area contributed by atoms with Gasteiger partial charge in [0.05, 0.1) is 22.4 Å². The summed E-state index contributed by atoms with van der Waals surface area (Å²) in [6.45, 7) is 0. The minimum absolute atomic E-state index is 0.871. The quantitative estimate of drug-likeness (QED) is 0.210. The lowest BCUT2D eigenvalue weighted by molar-refractivity contribution is 1.08. The van der Waals surface area contributed by atoms with Crippen molar-refractivity contribution in [1.29, 1.82) is 0 Å². The van der Waals surface area contributed by atoms with Crippen LogP contribution in [0.4, 0.5) is 0 Å². The highest BCUT2D eigenvalue weighted by Gasteiger charge is 2.17. The van der Waals surface area contributed by atoms with Gasteiger partial charge in [-0.25, -0.2) is 4.98 Å². The molecule has 210 valence electrons. The van der Waals surface area contributed by atoms with Crippen LogP contribution in [0.3, 0.4) is 0 Å². The smallest absolute Gasteiger partial charge is 0.137 e. The summed E-state index contributed by atoms with van der Waals surface area (Å²) < 4.78 is 2.26.